The van der Waals surface area contributed by atoms with Crippen LogP contribution in [0.5, 0.6) is 0 Å². The maximum atomic E-state index is 3.90. The molecule has 0 spiro atoms. The molecule has 1 aromatic rings. The fourth-order valence-electron chi connectivity index (χ4n) is 0.311. The zero-order valence-corrected chi connectivity index (χ0v) is 6.13. The van der Waals surface area contributed by atoms with Gasteiger partial charge in [-0.2, -0.15) is 0 Å². The Bertz CT molecular complexity index is 140. The number of hydrogen-bond acceptors (Lipinski definition) is 2. The molecule has 2 nitrogen and oxygen atoms in total. The van der Waals surface area contributed by atoms with Gasteiger partial charge in [-0.3, -0.25) is 0 Å². The molecule has 0 aromatic carbocycles. The molecule has 0 saturated carbocycles. The third-order valence-corrected chi connectivity index (χ3v) is 1.21. The SMILES string of the molecule is [AsH2]c1ncccn1. The summed E-state index contributed by atoms with van der Waals surface area (Å²) in [5, 5.41) is 0. The molecule has 3 heteroatoms. The van der Waals surface area contributed by atoms with Gasteiger partial charge in [-0.15, -0.1) is 0 Å². The van der Waals surface area contributed by atoms with Crippen molar-refractivity contribution in [2.45, 2.75) is 0 Å². The summed E-state index contributed by atoms with van der Waals surface area (Å²) in [5.41, 5.74) is 0. The molecule has 0 N–H and O–H groups in total. The van der Waals surface area contributed by atoms with E-state index in [0.29, 0.717) is 0 Å². The third kappa shape index (κ3) is 1.28. The molecule has 1 rings (SSSR count). The molecule has 36 valence electrons. The first-order chi connectivity index (χ1) is 3.39. The Morgan fingerprint density at radius 2 is 1.86 bits per heavy atom. The molecule has 1 unspecified atom stereocenters. The second-order valence-corrected chi connectivity index (χ2v) is 2.19. The number of aromatic nitrogens is 2. The minimum atomic E-state index is 0.884. The summed E-state index contributed by atoms with van der Waals surface area (Å²) in [5.74, 6) is 0. The van der Waals surface area contributed by atoms with E-state index in [0.717, 1.165) is 4.61 Å². The predicted molar refractivity (Wildman–Crippen MR) is 30.2 cm³/mol. The summed E-state index contributed by atoms with van der Waals surface area (Å²) in [7, 11) is 0. The van der Waals surface area contributed by atoms with E-state index in [1.165, 1.54) is 16.9 Å². The van der Waals surface area contributed by atoms with Crippen LogP contribution in [0.25, 0.3) is 0 Å². The summed E-state index contributed by atoms with van der Waals surface area (Å²) < 4.78 is 0.884. The van der Waals surface area contributed by atoms with E-state index in [1.807, 2.05) is 6.07 Å². The molecule has 0 radical (unpaired) electrons. The van der Waals surface area contributed by atoms with Gasteiger partial charge in [-0.1, -0.05) is 0 Å². The first-order valence-electron chi connectivity index (χ1n) is 1.92. The standard InChI is InChI=1S/C4H5AsN2/c5-4-6-2-1-3-7-4/h1-3H,5H2. The van der Waals surface area contributed by atoms with Gasteiger partial charge >= 0.3 is 49.9 Å². The second-order valence-electron chi connectivity index (χ2n) is 1.11. The van der Waals surface area contributed by atoms with Crippen molar-refractivity contribution in [1.82, 2.24) is 9.97 Å². The molecule has 0 aliphatic heterocycles. The van der Waals surface area contributed by atoms with Crippen LogP contribution in [0.3, 0.4) is 0 Å². The summed E-state index contributed by atoms with van der Waals surface area (Å²) >= 11 is 1.45. The maximum absolute atomic E-state index is 3.90. The monoisotopic (exact) mass is 156 g/mol. The van der Waals surface area contributed by atoms with Crippen LogP contribution >= 0.6 is 0 Å². The van der Waals surface area contributed by atoms with E-state index in [2.05, 4.69) is 9.97 Å². The topological polar surface area (TPSA) is 25.8 Å². The zero-order chi connectivity index (χ0) is 5.11. The fourth-order valence-corrected chi connectivity index (χ4v) is 0.672. The van der Waals surface area contributed by atoms with Crippen LogP contribution in [0.1, 0.15) is 0 Å². The van der Waals surface area contributed by atoms with Crippen molar-refractivity contribution in [1.29, 1.82) is 0 Å². The zero-order valence-electron chi connectivity index (χ0n) is 3.70. The Balaban J connectivity index is 3.02. The molecule has 1 aromatic heterocycles. The summed E-state index contributed by atoms with van der Waals surface area (Å²) in [6.45, 7) is 0. The number of rotatable bonds is 0. The van der Waals surface area contributed by atoms with Crippen LogP contribution in [0.15, 0.2) is 18.5 Å². The van der Waals surface area contributed by atoms with E-state index in [4.69, 9.17) is 0 Å². The summed E-state index contributed by atoms with van der Waals surface area (Å²) in [6.07, 6.45) is 3.48. The summed E-state index contributed by atoms with van der Waals surface area (Å²) in [4.78, 5) is 7.79. The first kappa shape index (κ1) is 4.79. The molecule has 0 aliphatic carbocycles. The second kappa shape index (κ2) is 2.08. The van der Waals surface area contributed by atoms with Crippen molar-refractivity contribution in [2.24, 2.45) is 0 Å². The van der Waals surface area contributed by atoms with Crippen molar-refractivity contribution in [3.8, 4) is 0 Å². The molecular formula is C4H5AsN2. The predicted octanol–water partition coefficient (Wildman–Crippen LogP) is -1.27. The van der Waals surface area contributed by atoms with Gasteiger partial charge in [0.05, 0.1) is 0 Å². The fraction of sp³-hybridized carbons (Fsp3) is 0. The van der Waals surface area contributed by atoms with Crippen LogP contribution in [-0.4, -0.2) is 26.8 Å². The van der Waals surface area contributed by atoms with Crippen molar-refractivity contribution in [3.05, 3.63) is 18.5 Å². The van der Waals surface area contributed by atoms with E-state index < -0.39 is 0 Å². The van der Waals surface area contributed by atoms with E-state index in [1.54, 1.807) is 12.4 Å². The van der Waals surface area contributed by atoms with Gasteiger partial charge in [-0.25, -0.2) is 0 Å². The molecule has 1 atom stereocenters. The average Bonchev–Trinajstić information content (AvgIpc) is 1.69. The Labute approximate surface area is 50.5 Å². The Kier molecular flexibility index (Phi) is 1.42. The van der Waals surface area contributed by atoms with Gasteiger partial charge in [0, 0.05) is 0 Å². The van der Waals surface area contributed by atoms with E-state index in [-0.39, 0.29) is 0 Å². The van der Waals surface area contributed by atoms with Gasteiger partial charge in [0.1, 0.15) is 0 Å². The average molecular weight is 156 g/mol. The molecule has 0 fully saturated rings. The van der Waals surface area contributed by atoms with E-state index >= 15 is 0 Å². The van der Waals surface area contributed by atoms with Gasteiger partial charge in [0.2, 0.25) is 0 Å². The van der Waals surface area contributed by atoms with Crippen molar-refractivity contribution < 1.29 is 0 Å². The van der Waals surface area contributed by atoms with Crippen LogP contribution in [0.4, 0.5) is 0 Å². The third-order valence-electron chi connectivity index (χ3n) is 0.586. The Morgan fingerprint density at radius 1 is 1.29 bits per heavy atom. The first-order valence-corrected chi connectivity index (χ1v) is 3.13. The number of hydrogen-bond donors (Lipinski definition) is 0. The number of nitrogens with zero attached hydrogens (tertiary/aromatic N) is 2. The minimum absolute atomic E-state index is 0.884. The van der Waals surface area contributed by atoms with Crippen LogP contribution in [0, 0.1) is 0 Å². The van der Waals surface area contributed by atoms with Crippen LogP contribution < -0.4 is 4.61 Å². The van der Waals surface area contributed by atoms with Crippen molar-refractivity contribution in [2.75, 3.05) is 0 Å². The Hall–Kier alpha value is -0.362. The molecule has 0 bridgehead atoms. The van der Waals surface area contributed by atoms with E-state index in [9.17, 15) is 0 Å². The molecular weight excluding hydrogens is 151 g/mol. The normalized spacial score (nSPS) is 8.71. The van der Waals surface area contributed by atoms with Crippen LogP contribution in [0.2, 0.25) is 0 Å². The van der Waals surface area contributed by atoms with Crippen molar-refractivity contribution in [3.63, 3.8) is 0 Å². The van der Waals surface area contributed by atoms with Gasteiger partial charge in [0.15, 0.2) is 0 Å². The molecule has 0 amide bonds. The van der Waals surface area contributed by atoms with Gasteiger partial charge in [-0.05, 0) is 0 Å². The molecule has 0 aliphatic rings. The van der Waals surface area contributed by atoms with Gasteiger partial charge in [0.25, 0.3) is 0 Å². The molecule has 0 saturated heterocycles. The van der Waals surface area contributed by atoms with Crippen molar-refractivity contribution >= 4 is 21.5 Å². The molecule has 7 heavy (non-hydrogen) atoms. The van der Waals surface area contributed by atoms with Crippen LogP contribution in [-0.2, 0) is 0 Å². The van der Waals surface area contributed by atoms with Gasteiger partial charge < -0.3 is 0 Å². The Morgan fingerprint density at radius 3 is 2.14 bits per heavy atom. The quantitative estimate of drug-likeness (QED) is 0.438. The molecule has 1 heterocycles. The summed E-state index contributed by atoms with van der Waals surface area (Å²) in [6, 6.07) is 1.81.